The van der Waals surface area contributed by atoms with Gasteiger partial charge < -0.3 is 9.47 Å². The van der Waals surface area contributed by atoms with Crippen molar-refractivity contribution in [2.75, 3.05) is 7.11 Å². The number of esters is 2. The number of allylic oxidation sites excluding steroid dienone is 1. The molecule has 174 valence electrons. The Labute approximate surface area is 207 Å². The molecule has 2 aromatic carbocycles. The van der Waals surface area contributed by atoms with E-state index in [4.69, 9.17) is 9.47 Å². The molecule has 1 atom stereocenters. The van der Waals surface area contributed by atoms with Crippen LogP contribution in [0.25, 0.3) is 6.08 Å². The second kappa shape index (κ2) is 9.90. The zero-order valence-corrected chi connectivity index (χ0v) is 21.1. The maximum atomic E-state index is 13.7. The van der Waals surface area contributed by atoms with Crippen LogP contribution in [-0.4, -0.2) is 23.6 Å². The first-order valence-electron chi connectivity index (χ1n) is 10.5. The van der Waals surface area contributed by atoms with Crippen LogP contribution in [0.1, 0.15) is 37.4 Å². The number of aromatic nitrogens is 1. The molecule has 0 saturated heterocycles. The lowest BCUT2D eigenvalue weighted by molar-refractivity contribution is -0.136. The van der Waals surface area contributed by atoms with Gasteiger partial charge in [0.1, 0.15) is 5.75 Å². The van der Waals surface area contributed by atoms with Gasteiger partial charge in [-0.05, 0) is 36.3 Å². The van der Waals surface area contributed by atoms with Crippen LogP contribution in [0.2, 0.25) is 0 Å². The fourth-order valence-corrected chi connectivity index (χ4v) is 5.23. The third-order valence-corrected chi connectivity index (χ3v) is 6.75. The summed E-state index contributed by atoms with van der Waals surface area (Å²) in [6, 6.07) is 13.8. The molecule has 3 aromatic rings. The summed E-state index contributed by atoms with van der Waals surface area (Å²) < 4.78 is 13.1. The first-order chi connectivity index (χ1) is 16.3. The molecule has 2 heterocycles. The van der Waals surface area contributed by atoms with Crippen LogP contribution in [0.4, 0.5) is 0 Å². The van der Waals surface area contributed by atoms with Crippen molar-refractivity contribution < 1.29 is 19.1 Å². The molecule has 1 aromatic heterocycles. The Bertz CT molecular complexity index is 1490. The number of carbonyl (C=O) groups excluding carboxylic acids is 2. The summed E-state index contributed by atoms with van der Waals surface area (Å²) in [5, 5.41) is 0. The average Bonchev–Trinajstić information content (AvgIpc) is 3.14. The van der Waals surface area contributed by atoms with Crippen LogP contribution in [0.5, 0.6) is 5.75 Å². The maximum absolute atomic E-state index is 13.7. The molecule has 0 aliphatic carbocycles. The summed E-state index contributed by atoms with van der Waals surface area (Å²) in [6.07, 6.45) is 2.17. The number of hydrogen-bond acceptors (Lipinski definition) is 7. The van der Waals surface area contributed by atoms with E-state index >= 15 is 0 Å². The van der Waals surface area contributed by atoms with Gasteiger partial charge in [0.05, 0.1) is 29.0 Å². The van der Waals surface area contributed by atoms with E-state index in [-0.39, 0.29) is 5.56 Å². The quantitative estimate of drug-likeness (QED) is 0.365. The molecule has 34 heavy (non-hydrogen) atoms. The molecule has 1 aliphatic rings. The zero-order chi connectivity index (χ0) is 24.4. The van der Waals surface area contributed by atoms with E-state index in [0.717, 1.165) is 10.0 Å². The fourth-order valence-electron chi connectivity index (χ4n) is 3.84. The highest BCUT2D eigenvalue weighted by Crippen LogP contribution is 2.31. The van der Waals surface area contributed by atoms with E-state index < -0.39 is 18.0 Å². The van der Waals surface area contributed by atoms with Gasteiger partial charge >= 0.3 is 11.9 Å². The molecule has 0 bridgehead atoms. The summed E-state index contributed by atoms with van der Waals surface area (Å²) >= 11 is 4.64. The lowest BCUT2D eigenvalue weighted by Crippen LogP contribution is -2.40. The standard InChI is InChI=1S/C25H21BrN2O5S/c1-4-18-21(24(31)32-3)22(15-8-6-5-7-9-15)28-23(30)20(34-25(28)27-18)13-16-12-17(26)10-11-19(16)33-14(2)29/h5-13,22H,4H2,1-3H3/b20-13+/t22-/m0/s1. The zero-order valence-electron chi connectivity index (χ0n) is 18.7. The predicted molar refractivity (Wildman–Crippen MR) is 132 cm³/mol. The summed E-state index contributed by atoms with van der Waals surface area (Å²) in [7, 11) is 1.32. The highest BCUT2D eigenvalue weighted by Gasteiger charge is 2.33. The SMILES string of the molecule is CCC1=C(C(=O)OC)[C@H](c2ccccc2)n2c(s/c(=C/c3cc(Br)ccc3OC(C)=O)c2=O)=N1. The third kappa shape index (κ3) is 4.53. The topological polar surface area (TPSA) is 87.0 Å². The number of methoxy groups -OCH3 is 1. The third-order valence-electron chi connectivity index (χ3n) is 5.28. The van der Waals surface area contributed by atoms with Crippen molar-refractivity contribution in [3.63, 3.8) is 0 Å². The number of rotatable bonds is 5. The van der Waals surface area contributed by atoms with Gasteiger partial charge in [-0.3, -0.25) is 14.2 Å². The second-order valence-electron chi connectivity index (χ2n) is 7.47. The lowest BCUT2D eigenvalue weighted by atomic mass is 9.95. The second-order valence-corrected chi connectivity index (χ2v) is 9.40. The fraction of sp³-hybridized carbons (Fsp3) is 0.200. The van der Waals surface area contributed by atoms with Gasteiger partial charge in [-0.15, -0.1) is 0 Å². The first kappa shape index (κ1) is 23.8. The van der Waals surface area contributed by atoms with E-state index in [1.54, 1.807) is 24.3 Å². The number of halogens is 1. The van der Waals surface area contributed by atoms with Crippen LogP contribution >= 0.6 is 27.3 Å². The first-order valence-corrected chi connectivity index (χ1v) is 12.1. The van der Waals surface area contributed by atoms with Crippen LogP contribution in [0.3, 0.4) is 0 Å². The highest BCUT2D eigenvalue weighted by molar-refractivity contribution is 9.10. The van der Waals surface area contributed by atoms with Crippen LogP contribution in [-0.2, 0) is 14.3 Å². The number of carbonyl (C=O) groups is 2. The Morgan fingerprint density at radius 3 is 2.59 bits per heavy atom. The van der Waals surface area contributed by atoms with E-state index in [2.05, 4.69) is 20.9 Å². The largest absolute Gasteiger partial charge is 0.466 e. The lowest BCUT2D eigenvalue weighted by Gasteiger charge is -2.25. The number of thiazole rings is 1. The van der Waals surface area contributed by atoms with Crippen molar-refractivity contribution in [1.82, 2.24) is 4.57 Å². The highest BCUT2D eigenvalue weighted by atomic mass is 79.9. The van der Waals surface area contributed by atoms with Gasteiger partial charge in [0, 0.05) is 17.0 Å². The molecule has 0 N–H and O–H groups in total. The molecule has 7 nitrogen and oxygen atoms in total. The van der Waals surface area contributed by atoms with Gasteiger partial charge in [0.25, 0.3) is 5.56 Å². The number of nitrogens with zero attached hydrogens (tertiary/aromatic N) is 2. The van der Waals surface area contributed by atoms with E-state index in [9.17, 15) is 14.4 Å². The van der Waals surface area contributed by atoms with Crippen LogP contribution in [0.15, 0.2) is 74.1 Å². The van der Waals surface area contributed by atoms with E-state index in [0.29, 0.717) is 38.3 Å². The molecule has 4 rings (SSSR count). The van der Waals surface area contributed by atoms with Crippen molar-refractivity contribution in [3.8, 4) is 5.75 Å². The Morgan fingerprint density at radius 1 is 1.21 bits per heavy atom. The Balaban J connectivity index is 1.99. The molecule has 0 fully saturated rings. The molecular weight excluding hydrogens is 520 g/mol. The Morgan fingerprint density at radius 2 is 1.94 bits per heavy atom. The van der Waals surface area contributed by atoms with Gasteiger partial charge in [0.2, 0.25) is 0 Å². The van der Waals surface area contributed by atoms with Crippen molar-refractivity contribution in [3.05, 3.63) is 95.1 Å². The van der Waals surface area contributed by atoms with Gasteiger partial charge in [-0.25, -0.2) is 9.79 Å². The van der Waals surface area contributed by atoms with Crippen LogP contribution in [0, 0.1) is 0 Å². The minimum atomic E-state index is -0.669. The predicted octanol–water partition coefficient (Wildman–Crippen LogP) is 3.49. The van der Waals surface area contributed by atoms with Crippen molar-refractivity contribution in [2.24, 2.45) is 4.99 Å². The molecule has 0 radical (unpaired) electrons. The molecule has 1 aliphatic heterocycles. The average molecular weight is 541 g/mol. The summed E-state index contributed by atoms with van der Waals surface area (Å²) in [5.74, 6) is -0.642. The van der Waals surface area contributed by atoms with E-state index in [1.807, 2.05) is 37.3 Å². The van der Waals surface area contributed by atoms with Gasteiger partial charge in [-0.1, -0.05) is 64.5 Å². The summed E-state index contributed by atoms with van der Waals surface area (Å²) in [5.41, 5.74) is 1.96. The number of ether oxygens (including phenoxy) is 2. The maximum Gasteiger partial charge on any atom is 0.338 e. The molecule has 0 saturated carbocycles. The minimum absolute atomic E-state index is 0.303. The van der Waals surface area contributed by atoms with E-state index in [1.165, 1.54) is 29.9 Å². The van der Waals surface area contributed by atoms with Gasteiger partial charge in [-0.2, -0.15) is 0 Å². The molecule has 0 amide bonds. The Hall–Kier alpha value is -3.30. The number of hydrogen-bond donors (Lipinski definition) is 0. The normalized spacial score (nSPS) is 15.5. The molecule has 0 spiro atoms. The molecule has 9 heteroatoms. The van der Waals surface area contributed by atoms with Crippen LogP contribution < -0.4 is 19.6 Å². The molecular formula is C25H21BrN2O5S. The minimum Gasteiger partial charge on any atom is -0.466 e. The van der Waals surface area contributed by atoms with Gasteiger partial charge in [0.15, 0.2) is 4.80 Å². The summed E-state index contributed by atoms with van der Waals surface area (Å²) in [4.78, 5) is 43.2. The monoisotopic (exact) mass is 540 g/mol. The number of fused-ring (bicyclic) bond motifs is 1. The van der Waals surface area contributed by atoms with Crippen molar-refractivity contribution in [1.29, 1.82) is 0 Å². The van der Waals surface area contributed by atoms with Crippen molar-refractivity contribution >= 4 is 45.3 Å². The Kier molecular flexibility index (Phi) is 6.95. The van der Waals surface area contributed by atoms with Crippen molar-refractivity contribution in [2.45, 2.75) is 26.3 Å². The molecule has 0 unspecified atom stereocenters. The summed E-state index contributed by atoms with van der Waals surface area (Å²) in [6.45, 7) is 3.23. The smallest absolute Gasteiger partial charge is 0.338 e. The number of benzene rings is 2.